The van der Waals surface area contributed by atoms with Crippen LogP contribution in [0, 0.1) is 18.6 Å². The summed E-state index contributed by atoms with van der Waals surface area (Å²) in [5.41, 5.74) is 1.54. The highest BCUT2D eigenvalue weighted by atomic mass is 19.1. The van der Waals surface area contributed by atoms with E-state index in [0.717, 1.165) is 5.56 Å². The van der Waals surface area contributed by atoms with Crippen molar-refractivity contribution in [2.24, 2.45) is 0 Å². The summed E-state index contributed by atoms with van der Waals surface area (Å²) in [6, 6.07) is 10.2. The van der Waals surface area contributed by atoms with Gasteiger partial charge in [-0.05, 0) is 42.3 Å². The largest absolute Gasteiger partial charge is 0.323 e. The topological polar surface area (TPSA) is 29.1 Å². The maximum absolute atomic E-state index is 13.5. The van der Waals surface area contributed by atoms with Crippen LogP contribution in [0.15, 0.2) is 42.5 Å². The van der Waals surface area contributed by atoms with Crippen molar-refractivity contribution in [3.05, 3.63) is 65.2 Å². The molecule has 0 saturated carbocycles. The summed E-state index contributed by atoms with van der Waals surface area (Å²) in [7, 11) is 0. The Bertz CT molecular complexity index is 611. The van der Waals surface area contributed by atoms with E-state index in [1.807, 2.05) is 6.92 Å². The SMILES string of the molecule is Cc1ccc(F)c(NC(=O)Cc2cccc(F)c2)c1. The lowest BCUT2D eigenvalue weighted by Gasteiger charge is -2.07. The fraction of sp³-hybridized carbons (Fsp3) is 0.133. The highest BCUT2D eigenvalue weighted by molar-refractivity contribution is 5.92. The van der Waals surface area contributed by atoms with Gasteiger partial charge in [-0.1, -0.05) is 18.2 Å². The fourth-order valence-corrected chi connectivity index (χ4v) is 1.76. The van der Waals surface area contributed by atoms with Crippen molar-refractivity contribution < 1.29 is 13.6 Å². The van der Waals surface area contributed by atoms with Gasteiger partial charge in [0.15, 0.2) is 0 Å². The van der Waals surface area contributed by atoms with Crippen molar-refractivity contribution in [2.45, 2.75) is 13.3 Å². The number of nitrogens with one attached hydrogen (secondary N) is 1. The van der Waals surface area contributed by atoms with E-state index in [1.165, 1.54) is 24.3 Å². The lowest BCUT2D eigenvalue weighted by atomic mass is 10.1. The normalized spacial score (nSPS) is 10.3. The molecule has 4 heteroatoms. The molecule has 0 atom stereocenters. The maximum Gasteiger partial charge on any atom is 0.228 e. The van der Waals surface area contributed by atoms with Gasteiger partial charge in [0.05, 0.1) is 12.1 Å². The van der Waals surface area contributed by atoms with E-state index in [0.29, 0.717) is 5.56 Å². The van der Waals surface area contributed by atoms with E-state index in [9.17, 15) is 13.6 Å². The Balaban J connectivity index is 2.07. The van der Waals surface area contributed by atoms with Gasteiger partial charge in [-0.3, -0.25) is 4.79 Å². The van der Waals surface area contributed by atoms with Crippen LogP contribution in [0.1, 0.15) is 11.1 Å². The molecule has 0 aliphatic carbocycles. The van der Waals surface area contributed by atoms with Gasteiger partial charge in [-0.25, -0.2) is 8.78 Å². The third-order valence-electron chi connectivity index (χ3n) is 2.65. The second-order valence-electron chi connectivity index (χ2n) is 4.34. The third-order valence-corrected chi connectivity index (χ3v) is 2.65. The first-order valence-corrected chi connectivity index (χ1v) is 5.85. The van der Waals surface area contributed by atoms with E-state index in [4.69, 9.17) is 0 Å². The van der Waals surface area contributed by atoms with Crippen molar-refractivity contribution in [3.8, 4) is 0 Å². The van der Waals surface area contributed by atoms with Crippen LogP contribution < -0.4 is 5.32 Å². The maximum atomic E-state index is 13.5. The Labute approximate surface area is 110 Å². The van der Waals surface area contributed by atoms with Gasteiger partial charge in [0.1, 0.15) is 11.6 Å². The zero-order valence-corrected chi connectivity index (χ0v) is 10.4. The van der Waals surface area contributed by atoms with Crippen LogP contribution in [0.3, 0.4) is 0 Å². The number of benzene rings is 2. The molecule has 2 nitrogen and oxygen atoms in total. The summed E-state index contributed by atoms with van der Waals surface area (Å²) in [5, 5.41) is 2.48. The van der Waals surface area contributed by atoms with E-state index in [1.54, 1.807) is 18.2 Å². The summed E-state index contributed by atoms with van der Waals surface area (Å²) in [4.78, 5) is 11.8. The van der Waals surface area contributed by atoms with E-state index >= 15 is 0 Å². The van der Waals surface area contributed by atoms with Crippen molar-refractivity contribution in [1.29, 1.82) is 0 Å². The highest BCUT2D eigenvalue weighted by Gasteiger charge is 2.08. The van der Waals surface area contributed by atoms with Crippen LogP contribution in [-0.4, -0.2) is 5.91 Å². The summed E-state index contributed by atoms with van der Waals surface area (Å²) >= 11 is 0. The lowest BCUT2D eigenvalue weighted by Crippen LogP contribution is -2.15. The summed E-state index contributed by atoms with van der Waals surface area (Å²) in [6.45, 7) is 1.81. The predicted molar refractivity (Wildman–Crippen MR) is 69.9 cm³/mol. The molecule has 1 amide bonds. The summed E-state index contributed by atoms with van der Waals surface area (Å²) in [6.07, 6.45) is 0.00510. The first-order chi connectivity index (χ1) is 9.04. The van der Waals surface area contributed by atoms with Crippen molar-refractivity contribution >= 4 is 11.6 Å². The Kier molecular flexibility index (Phi) is 3.90. The van der Waals surface area contributed by atoms with Gasteiger partial charge in [-0.15, -0.1) is 0 Å². The van der Waals surface area contributed by atoms with Crippen LogP contribution in [0.25, 0.3) is 0 Å². The Morgan fingerprint density at radius 2 is 1.95 bits per heavy atom. The molecule has 98 valence electrons. The molecule has 2 aromatic carbocycles. The molecule has 0 bridgehead atoms. The first-order valence-electron chi connectivity index (χ1n) is 5.85. The van der Waals surface area contributed by atoms with Crippen LogP contribution in [0.5, 0.6) is 0 Å². The average Bonchev–Trinajstić information content (AvgIpc) is 2.34. The number of amides is 1. The molecule has 0 aliphatic heterocycles. The highest BCUT2D eigenvalue weighted by Crippen LogP contribution is 2.16. The van der Waals surface area contributed by atoms with E-state index in [2.05, 4.69) is 5.32 Å². The minimum absolute atomic E-state index is 0.00510. The molecule has 2 rings (SSSR count). The van der Waals surface area contributed by atoms with Crippen LogP contribution in [-0.2, 0) is 11.2 Å². The molecule has 0 heterocycles. The predicted octanol–water partition coefficient (Wildman–Crippen LogP) is 3.45. The zero-order chi connectivity index (χ0) is 13.8. The van der Waals surface area contributed by atoms with Crippen molar-refractivity contribution in [2.75, 3.05) is 5.32 Å². The van der Waals surface area contributed by atoms with Crippen LogP contribution >= 0.6 is 0 Å². The number of carbonyl (C=O) groups is 1. The third kappa shape index (κ3) is 3.61. The molecule has 0 aromatic heterocycles. The molecular formula is C15H13F2NO. The molecule has 0 unspecified atom stereocenters. The first kappa shape index (κ1) is 13.2. The van der Waals surface area contributed by atoms with Gasteiger partial charge in [-0.2, -0.15) is 0 Å². The standard InChI is InChI=1S/C15H13F2NO/c1-10-5-6-13(17)14(7-10)18-15(19)9-11-3-2-4-12(16)8-11/h2-8H,9H2,1H3,(H,18,19). The molecule has 0 fully saturated rings. The van der Waals surface area contributed by atoms with Gasteiger partial charge in [0.25, 0.3) is 0 Å². The van der Waals surface area contributed by atoms with Gasteiger partial charge in [0, 0.05) is 0 Å². The van der Waals surface area contributed by atoms with Gasteiger partial charge < -0.3 is 5.32 Å². The Morgan fingerprint density at radius 1 is 1.16 bits per heavy atom. The second kappa shape index (κ2) is 5.61. The number of carbonyl (C=O) groups excluding carboxylic acids is 1. The van der Waals surface area contributed by atoms with E-state index in [-0.39, 0.29) is 18.0 Å². The quantitative estimate of drug-likeness (QED) is 0.900. The molecule has 0 saturated heterocycles. The second-order valence-corrected chi connectivity index (χ2v) is 4.34. The fourth-order valence-electron chi connectivity index (χ4n) is 1.76. The minimum atomic E-state index is -0.488. The molecule has 0 radical (unpaired) electrons. The molecule has 0 aliphatic rings. The zero-order valence-electron chi connectivity index (χ0n) is 10.4. The van der Waals surface area contributed by atoms with Gasteiger partial charge >= 0.3 is 0 Å². The van der Waals surface area contributed by atoms with E-state index < -0.39 is 11.6 Å². The number of rotatable bonds is 3. The van der Waals surface area contributed by atoms with Gasteiger partial charge in [0.2, 0.25) is 5.91 Å². The lowest BCUT2D eigenvalue weighted by molar-refractivity contribution is -0.115. The summed E-state index contributed by atoms with van der Waals surface area (Å²) in [5.74, 6) is -1.26. The minimum Gasteiger partial charge on any atom is -0.323 e. The molecule has 0 spiro atoms. The van der Waals surface area contributed by atoms with Crippen LogP contribution in [0.4, 0.5) is 14.5 Å². The van der Waals surface area contributed by atoms with Crippen LogP contribution in [0.2, 0.25) is 0 Å². The summed E-state index contributed by atoms with van der Waals surface area (Å²) < 4.78 is 26.4. The monoisotopic (exact) mass is 261 g/mol. The number of hydrogen-bond donors (Lipinski definition) is 1. The number of anilines is 1. The molecule has 1 N–H and O–H groups in total. The van der Waals surface area contributed by atoms with Crippen molar-refractivity contribution in [3.63, 3.8) is 0 Å². The Hall–Kier alpha value is -2.23. The van der Waals surface area contributed by atoms with Crippen molar-refractivity contribution in [1.82, 2.24) is 0 Å². The molecule has 19 heavy (non-hydrogen) atoms. The number of hydrogen-bond acceptors (Lipinski definition) is 1. The number of aryl methyl sites for hydroxylation is 1. The molecular weight excluding hydrogens is 248 g/mol. The smallest absolute Gasteiger partial charge is 0.228 e. The molecule has 2 aromatic rings. The number of halogens is 2. The Morgan fingerprint density at radius 3 is 2.68 bits per heavy atom. The average molecular weight is 261 g/mol.